The number of Topliss-reactive ketones (excluding diaryl/α,β-unsaturated/α-hetero) is 1. The van der Waals surface area contributed by atoms with Gasteiger partial charge in [0, 0.05) is 48.0 Å². The molecule has 3 N–H and O–H groups in total. The topological polar surface area (TPSA) is 53.2 Å². The van der Waals surface area contributed by atoms with E-state index >= 15 is 0 Å². The highest BCUT2D eigenvalue weighted by atomic mass is 16.1. The molecule has 0 bridgehead atoms. The van der Waals surface area contributed by atoms with Crippen molar-refractivity contribution >= 4 is 5.78 Å². The van der Waals surface area contributed by atoms with Gasteiger partial charge in [0.2, 0.25) is 0 Å². The number of carbonyl (C=O) groups is 1. The molecule has 0 amide bonds. The molecule has 1 fully saturated rings. The number of hydrogen-bond acceptors (Lipinski definition) is 4. The fourth-order valence-corrected chi connectivity index (χ4v) is 2.25. The van der Waals surface area contributed by atoms with E-state index in [0.29, 0.717) is 13.1 Å². The molecule has 0 radical (unpaired) electrons. The molecule has 3 aliphatic rings. The second-order valence-corrected chi connectivity index (χ2v) is 4.44. The van der Waals surface area contributed by atoms with Gasteiger partial charge in [-0.05, 0) is 24.3 Å². The molecule has 3 rings (SSSR count). The molecular formula is C15H15N3O. The Morgan fingerprint density at radius 1 is 0.789 bits per heavy atom. The van der Waals surface area contributed by atoms with Crippen LogP contribution in [0.15, 0.2) is 71.4 Å². The van der Waals surface area contributed by atoms with E-state index in [-0.39, 0.29) is 5.78 Å². The smallest absolute Gasteiger partial charge is 0.191 e. The molecule has 4 nitrogen and oxygen atoms in total. The quantitative estimate of drug-likeness (QED) is 0.564. The molecule has 0 aromatic heterocycles. The molecule has 0 unspecified atom stereocenters. The fourth-order valence-electron chi connectivity index (χ4n) is 2.25. The summed E-state index contributed by atoms with van der Waals surface area (Å²) >= 11 is 0. The van der Waals surface area contributed by atoms with Crippen LogP contribution in [0.1, 0.15) is 0 Å². The molecule has 0 aliphatic carbocycles. The highest BCUT2D eigenvalue weighted by molar-refractivity contribution is 6.11. The van der Waals surface area contributed by atoms with Crippen LogP contribution in [-0.4, -0.2) is 18.9 Å². The van der Waals surface area contributed by atoms with Crippen molar-refractivity contribution in [2.45, 2.75) is 0 Å². The number of dihydropyridines is 2. The highest BCUT2D eigenvalue weighted by Gasteiger charge is 2.25. The fraction of sp³-hybridized carbons (Fsp3) is 0.133. The number of piperidine rings is 1. The van der Waals surface area contributed by atoms with Crippen LogP contribution in [0, 0.1) is 0 Å². The van der Waals surface area contributed by atoms with E-state index in [1.165, 1.54) is 0 Å². The molecule has 0 saturated carbocycles. The lowest BCUT2D eigenvalue weighted by molar-refractivity contribution is -0.112. The van der Waals surface area contributed by atoms with Gasteiger partial charge in [-0.15, -0.1) is 0 Å². The first-order valence-electron chi connectivity index (χ1n) is 6.27. The molecule has 0 aromatic rings. The molecular weight excluding hydrogens is 238 g/mol. The van der Waals surface area contributed by atoms with Gasteiger partial charge in [0.25, 0.3) is 0 Å². The SMILES string of the molecule is O=C1C(=C2C=CC=CN2)CNCC1=C1C=CC=CN1. The Kier molecular flexibility index (Phi) is 3.16. The Labute approximate surface area is 112 Å². The number of carbonyl (C=O) groups excluding carboxylic acids is 1. The van der Waals surface area contributed by atoms with Crippen molar-refractivity contribution in [2.24, 2.45) is 0 Å². The van der Waals surface area contributed by atoms with Crippen molar-refractivity contribution in [2.75, 3.05) is 13.1 Å². The summed E-state index contributed by atoms with van der Waals surface area (Å²) in [4.78, 5) is 12.6. The predicted octanol–water partition coefficient (Wildman–Crippen LogP) is 1.01. The number of allylic oxidation sites excluding steroid dienone is 6. The summed E-state index contributed by atoms with van der Waals surface area (Å²) in [5, 5.41) is 9.52. The minimum atomic E-state index is 0.101. The van der Waals surface area contributed by atoms with Crippen LogP contribution in [-0.2, 0) is 4.79 Å². The van der Waals surface area contributed by atoms with Gasteiger partial charge in [0.05, 0.1) is 0 Å². The summed E-state index contributed by atoms with van der Waals surface area (Å²) in [5.41, 5.74) is 3.29. The molecule has 0 aromatic carbocycles. The van der Waals surface area contributed by atoms with Gasteiger partial charge >= 0.3 is 0 Å². The van der Waals surface area contributed by atoms with Crippen LogP contribution in [0.5, 0.6) is 0 Å². The average Bonchev–Trinajstić information content (AvgIpc) is 2.49. The van der Waals surface area contributed by atoms with Crippen LogP contribution >= 0.6 is 0 Å². The van der Waals surface area contributed by atoms with Crippen LogP contribution in [0.2, 0.25) is 0 Å². The van der Waals surface area contributed by atoms with Gasteiger partial charge in [-0.1, -0.05) is 12.2 Å². The number of nitrogens with one attached hydrogen (secondary N) is 3. The summed E-state index contributed by atoms with van der Waals surface area (Å²) in [6.07, 6.45) is 15.2. The lowest BCUT2D eigenvalue weighted by atomic mass is 9.94. The average molecular weight is 253 g/mol. The van der Waals surface area contributed by atoms with E-state index in [1.54, 1.807) is 0 Å². The molecule has 19 heavy (non-hydrogen) atoms. The van der Waals surface area contributed by atoms with Crippen molar-refractivity contribution < 1.29 is 4.79 Å². The molecule has 0 spiro atoms. The molecule has 4 heteroatoms. The first-order valence-corrected chi connectivity index (χ1v) is 6.27. The third-order valence-electron chi connectivity index (χ3n) is 3.22. The van der Waals surface area contributed by atoms with E-state index < -0.39 is 0 Å². The summed E-state index contributed by atoms with van der Waals surface area (Å²) in [6.45, 7) is 1.19. The maximum absolute atomic E-state index is 12.6. The molecule has 96 valence electrons. The van der Waals surface area contributed by atoms with E-state index in [1.807, 2.05) is 48.9 Å². The van der Waals surface area contributed by atoms with Crippen molar-refractivity contribution in [3.8, 4) is 0 Å². The Morgan fingerprint density at radius 3 is 1.74 bits per heavy atom. The largest absolute Gasteiger partial charge is 0.361 e. The van der Waals surface area contributed by atoms with Crippen molar-refractivity contribution in [3.05, 3.63) is 71.4 Å². The first kappa shape index (κ1) is 11.7. The second-order valence-electron chi connectivity index (χ2n) is 4.44. The summed E-state index contributed by atoms with van der Waals surface area (Å²) < 4.78 is 0. The number of hydrogen-bond donors (Lipinski definition) is 3. The molecule has 1 saturated heterocycles. The molecule has 3 heterocycles. The van der Waals surface area contributed by atoms with Crippen LogP contribution in [0.3, 0.4) is 0 Å². The monoisotopic (exact) mass is 253 g/mol. The maximum atomic E-state index is 12.6. The van der Waals surface area contributed by atoms with E-state index in [9.17, 15) is 4.79 Å². The van der Waals surface area contributed by atoms with Crippen molar-refractivity contribution in [1.29, 1.82) is 0 Å². The third kappa shape index (κ3) is 2.30. The summed E-state index contributed by atoms with van der Waals surface area (Å²) in [6, 6.07) is 0. The second kappa shape index (κ2) is 5.12. The molecule has 0 atom stereocenters. The highest BCUT2D eigenvalue weighted by Crippen LogP contribution is 2.19. The van der Waals surface area contributed by atoms with Crippen LogP contribution in [0.4, 0.5) is 0 Å². The zero-order valence-corrected chi connectivity index (χ0v) is 10.4. The minimum Gasteiger partial charge on any atom is -0.361 e. The van der Waals surface area contributed by atoms with Crippen molar-refractivity contribution in [3.63, 3.8) is 0 Å². The van der Waals surface area contributed by atoms with Gasteiger partial charge in [-0.25, -0.2) is 0 Å². The summed E-state index contributed by atoms with van der Waals surface area (Å²) in [7, 11) is 0. The third-order valence-corrected chi connectivity index (χ3v) is 3.22. The Hall–Kier alpha value is -2.33. The zero-order chi connectivity index (χ0) is 13.1. The lowest BCUT2D eigenvalue weighted by Gasteiger charge is -2.23. The van der Waals surface area contributed by atoms with E-state index in [2.05, 4.69) is 16.0 Å². The maximum Gasteiger partial charge on any atom is 0.191 e. The van der Waals surface area contributed by atoms with E-state index in [4.69, 9.17) is 0 Å². The van der Waals surface area contributed by atoms with Gasteiger partial charge in [0.1, 0.15) is 0 Å². The number of ketones is 1. The first-order chi connectivity index (χ1) is 9.36. The van der Waals surface area contributed by atoms with Gasteiger partial charge < -0.3 is 16.0 Å². The number of rotatable bonds is 0. The Bertz CT molecular complexity index is 539. The zero-order valence-electron chi connectivity index (χ0n) is 10.4. The van der Waals surface area contributed by atoms with Crippen LogP contribution < -0.4 is 16.0 Å². The summed E-state index contributed by atoms with van der Waals surface area (Å²) in [5.74, 6) is 0.101. The van der Waals surface area contributed by atoms with Crippen molar-refractivity contribution in [1.82, 2.24) is 16.0 Å². The lowest BCUT2D eigenvalue weighted by Crippen LogP contribution is -2.37. The Balaban J connectivity index is 1.96. The normalized spacial score (nSPS) is 29.4. The molecule has 3 aliphatic heterocycles. The Morgan fingerprint density at radius 2 is 1.32 bits per heavy atom. The van der Waals surface area contributed by atoms with Crippen LogP contribution in [0.25, 0.3) is 0 Å². The van der Waals surface area contributed by atoms with Gasteiger partial charge in [-0.2, -0.15) is 0 Å². The predicted molar refractivity (Wildman–Crippen MR) is 74.8 cm³/mol. The minimum absolute atomic E-state index is 0.101. The van der Waals surface area contributed by atoms with Gasteiger partial charge in [-0.3, -0.25) is 4.79 Å². The van der Waals surface area contributed by atoms with Gasteiger partial charge in [0.15, 0.2) is 5.78 Å². The van der Waals surface area contributed by atoms with E-state index in [0.717, 1.165) is 22.5 Å². The standard InChI is InChI=1S/C15H15N3O/c19-15-11(13-5-1-3-7-17-13)9-16-10-12(15)14-6-2-4-8-18-14/h1-8,16-18H,9-10H2.